The highest BCUT2D eigenvalue weighted by atomic mass is 28.4. The standard InChI is InChI=1S/C16H40O3Si3/c1-9-10-11-13-20(5,6)16-21(7,8)14-12-15-22(17-2,18-3)19-4/h9-16H2,1-8H3. The minimum Gasteiger partial charge on any atom is -0.377 e. The van der Waals surface area contributed by atoms with Crippen molar-refractivity contribution in [1.29, 1.82) is 0 Å². The molecule has 0 radical (unpaired) electrons. The van der Waals surface area contributed by atoms with Crippen molar-refractivity contribution < 1.29 is 13.3 Å². The molecule has 0 aliphatic heterocycles. The highest BCUT2D eigenvalue weighted by Crippen LogP contribution is 2.30. The molecule has 0 bridgehead atoms. The van der Waals surface area contributed by atoms with E-state index in [9.17, 15) is 0 Å². The molecule has 0 saturated heterocycles. The van der Waals surface area contributed by atoms with Crippen LogP contribution in [0.2, 0.25) is 50.0 Å². The highest BCUT2D eigenvalue weighted by Gasteiger charge is 2.38. The quantitative estimate of drug-likeness (QED) is 0.323. The van der Waals surface area contributed by atoms with Crippen LogP contribution in [-0.4, -0.2) is 46.3 Å². The predicted molar refractivity (Wildman–Crippen MR) is 105 cm³/mol. The van der Waals surface area contributed by atoms with Gasteiger partial charge in [0.15, 0.2) is 0 Å². The SMILES string of the molecule is CCCCC[Si](C)(C)C[Si](C)(C)CCC[Si](OC)(OC)OC. The van der Waals surface area contributed by atoms with E-state index < -0.39 is 25.0 Å². The summed E-state index contributed by atoms with van der Waals surface area (Å²) in [7, 11) is 0.636. The molecule has 0 aliphatic rings. The van der Waals surface area contributed by atoms with Crippen molar-refractivity contribution in [3.05, 3.63) is 0 Å². The number of hydrogen-bond acceptors (Lipinski definition) is 3. The smallest absolute Gasteiger partial charge is 0.377 e. The maximum atomic E-state index is 5.54. The first kappa shape index (κ1) is 22.5. The minimum absolute atomic E-state index is 0.949. The molecule has 0 amide bonds. The molecule has 0 N–H and O–H groups in total. The lowest BCUT2D eigenvalue weighted by atomic mass is 10.3. The average Bonchev–Trinajstić information content (AvgIpc) is 2.43. The van der Waals surface area contributed by atoms with Crippen molar-refractivity contribution in [3.8, 4) is 0 Å². The first-order valence-electron chi connectivity index (χ1n) is 8.81. The van der Waals surface area contributed by atoms with Gasteiger partial charge in [-0.2, -0.15) is 0 Å². The molecule has 0 unspecified atom stereocenters. The molecule has 22 heavy (non-hydrogen) atoms. The van der Waals surface area contributed by atoms with E-state index in [1.165, 1.54) is 37.8 Å². The third kappa shape index (κ3) is 8.98. The summed E-state index contributed by atoms with van der Waals surface area (Å²) in [5.41, 5.74) is 1.55. The fourth-order valence-corrected chi connectivity index (χ4v) is 19.9. The van der Waals surface area contributed by atoms with E-state index in [0.29, 0.717) is 0 Å². The Balaban J connectivity index is 4.33. The van der Waals surface area contributed by atoms with Gasteiger partial charge in [0.2, 0.25) is 0 Å². The number of hydrogen-bond donors (Lipinski definition) is 0. The van der Waals surface area contributed by atoms with Crippen molar-refractivity contribution in [2.45, 2.75) is 82.6 Å². The van der Waals surface area contributed by atoms with Crippen molar-refractivity contribution >= 4 is 25.0 Å². The summed E-state index contributed by atoms with van der Waals surface area (Å²) in [6.07, 6.45) is 5.36. The number of unbranched alkanes of at least 4 members (excludes halogenated alkanes) is 2. The summed E-state index contributed by atoms with van der Waals surface area (Å²) in [5.74, 6) is 0. The van der Waals surface area contributed by atoms with Crippen LogP contribution >= 0.6 is 0 Å². The Morgan fingerprint density at radius 3 is 1.50 bits per heavy atom. The Hall–Kier alpha value is 0.531. The van der Waals surface area contributed by atoms with Gasteiger partial charge in [-0.15, -0.1) is 0 Å². The second-order valence-corrected chi connectivity index (χ2v) is 22.3. The molecule has 0 saturated carbocycles. The van der Waals surface area contributed by atoms with E-state index in [1.54, 1.807) is 27.0 Å². The summed E-state index contributed by atoms with van der Waals surface area (Å²) < 4.78 is 16.6. The van der Waals surface area contributed by atoms with E-state index in [0.717, 1.165) is 6.04 Å². The lowest BCUT2D eigenvalue weighted by Gasteiger charge is -2.33. The fourth-order valence-electron chi connectivity index (χ4n) is 3.67. The van der Waals surface area contributed by atoms with E-state index in [2.05, 4.69) is 33.1 Å². The van der Waals surface area contributed by atoms with Crippen LogP contribution in [0.3, 0.4) is 0 Å². The zero-order chi connectivity index (χ0) is 17.3. The zero-order valence-corrected chi connectivity index (χ0v) is 19.4. The van der Waals surface area contributed by atoms with Crippen LogP contribution in [0.15, 0.2) is 0 Å². The topological polar surface area (TPSA) is 27.7 Å². The lowest BCUT2D eigenvalue weighted by molar-refractivity contribution is 0.123. The molecule has 0 spiro atoms. The van der Waals surface area contributed by atoms with Gasteiger partial charge in [-0.25, -0.2) is 0 Å². The van der Waals surface area contributed by atoms with Crippen molar-refractivity contribution in [3.63, 3.8) is 0 Å². The second kappa shape index (κ2) is 10.4. The molecule has 0 heterocycles. The van der Waals surface area contributed by atoms with Gasteiger partial charge < -0.3 is 13.3 Å². The maximum absolute atomic E-state index is 5.54. The van der Waals surface area contributed by atoms with Gasteiger partial charge in [-0.05, 0) is 0 Å². The zero-order valence-electron chi connectivity index (χ0n) is 16.4. The van der Waals surface area contributed by atoms with E-state index in [4.69, 9.17) is 13.3 Å². The lowest BCUT2D eigenvalue weighted by Crippen LogP contribution is -2.43. The molecule has 0 aromatic heterocycles. The van der Waals surface area contributed by atoms with Gasteiger partial charge in [0.05, 0.1) is 0 Å². The minimum atomic E-state index is -2.37. The largest absolute Gasteiger partial charge is 0.500 e. The van der Waals surface area contributed by atoms with Crippen LogP contribution in [0.1, 0.15) is 32.6 Å². The monoisotopic (exact) mass is 364 g/mol. The highest BCUT2D eigenvalue weighted by molar-refractivity contribution is 6.95. The Labute approximate surface area is 142 Å². The summed E-state index contributed by atoms with van der Waals surface area (Å²) in [4.78, 5) is 0. The summed E-state index contributed by atoms with van der Waals surface area (Å²) >= 11 is 0. The first-order chi connectivity index (χ1) is 10.2. The Kier molecular flexibility index (Phi) is 10.7. The molecule has 6 heteroatoms. The van der Waals surface area contributed by atoms with Crippen molar-refractivity contribution in [2.75, 3.05) is 21.3 Å². The van der Waals surface area contributed by atoms with Gasteiger partial charge in [0.1, 0.15) is 0 Å². The second-order valence-electron chi connectivity index (χ2n) is 8.11. The third-order valence-electron chi connectivity index (χ3n) is 4.68. The molecule has 0 atom stereocenters. The van der Waals surface area contributed by atoms with Crippen LogP contribution in [0, 0.1) is 0 Å². The first-order valence-corrected chi connectivity index (χ1v) is 17.6. The Morgan fingerprint density at radius 1 is 0.636 bits per heavy atom. The molecule has 0 rings (SSSR count). The van der Waals surface area contributed by atoms with Crippen LogP contribution in [0.25, 0.3) is 0 Å². The van der Waals surface area contributed by atoms with Gasteiger partial charge in [0, 0.05) is 43.5 Å². The molecular weight excluding hydrogens is 324 g/mol. The number of rotatable bonds is 13. The molecule has 0 aliphatic carbocycles. The molecule has 3 nitrogen and oxygen atoms in total. The maximum Gasteiger partial charge on any atom is 0.500 e. The normalized spacial score (nSPS) is 13.6. The molecule has 0 aromatic rings. The Bertz CT molecular complexity index is 284. The van der Waals surface area contributed by atoms with Crippen LogP contribution in [0.4, 0.5) is 0 Å². The third-order valence-corrected chi connectivity index (χ3v) is 18.6. The van der Waals surface area contributed by atoms with Crippen LogP contribution in [0.5, 0.6) is 0 Å². The van der Waals surface area contributed by atoms with E-state index in [1.807, 2.05) is 0 Å². The predicted octanol–water partition coefficient (Wildman–Crippen LogP) is 5.40. The molecule has 0 aromatic carbocycles. The van der Waals surface area contributed by atoms with Gasteiger partial charge in [-0.1, -0.05) is 76.6 Å². The molecular formula is C16H40O3Si3. The Morgan fingerprint density at radius 2 is 1.09 bits per heavy atom. The summed E-state index contributed by atoms with van der Waals surface area (Å²) in [6.45, 7) is 12.6. The van der Waals surface area contributed by atoms with Crippen molar-refractivity contribution in [2.24, 2.45) is 0 Å². The van der Waals surface area contributed by atoms with Crippen LogP contribution < -0.4 is 0 Å². The molecule has 134 valence electrons. The van der Waals surface area contributed by atoms with E-state index in [-0.39, 0.29) is 0 Å². The van der Waals surface area contributed by atoms with Crippen LogP contribution in [-0.2, 0) is 13.3 Å². The fraction of sp³-hybridized carbons (Fsp3) is 1.00. The van der Waals surface area contributed by atoms with Crippen molar-refractivity contribution in [1.82, 2.24) is 0 Å². The summed E-state index contributed by atoms with van der Waals surface area (Å²) in [6, 6.07) is 3.82. The average molecular weight is 365 g/mol. The summed E-state index contributed by atoms with van der Waals surface area (Å²) in [5, 5.41) is 0. The van der Waals surface area contributed by atoms with Gasteiger partial charge in [0.25, 0.3) is 0 Å². The van der Waals surface area contributed by atoms with Gasteiger partial charge in [-0.3, -0.25) is 0 Å². The molecule has 0 fully saturated rings. The van der Waals surface area contributed by atoms with Gasteiger partial charge >= 0.3 is 8.80 Å². The van der Waals surface area contributed by atoms with E-state index >= 15 is 0 Å².